The van der Waals surface area contributed by atoms with Crippen LogP contribution in [-0.2, 0) is 9.59 Å². The Morgan fingerprint density at radius 2 is 2.10 bits per heavy atom. The van der Waals surface area contributed by atoms with Crippen molar-refractivity contribution in [2.45, 2.75) is 32.7 Å². The molecule has 3 nitrogen and oxygen atoms in total. The van der Waals surface area contributed by atoms with E-state index in [-0.39, 0.29) is 17.4 Å². The first-order valence-corrected chi connectivity index (χ1v) is 3.29. The molecule has 1 saturated heterocycles. The third kappa shape index (κ3) is 0.818. The summed E-state index contributed by atoms with van der Waals surface area (Å²) in [6, 6.07) is 0. The van der Waals surface area contributed by atoms with Crippen LogP contribution in [0.3, 0.4) is 0 Å². The maximum Gasteiger partial charge on any atom is 0.232 e. The lowest BCUT2D eigenvalue weighted by Gasteiger charge is -2.45. The first kappa shape index (κ1) is 7.25. The number of β-lactam (4-membered cyclic amide) rings is 1. The second kappa shape index (κ2) is 1.81. The van der Waals surface area contributed by atoms with Crippen LogP contribution in [0.15, 0.2) is 0 Å². The van der Waals surface area contributed by atoms with Crippen molar-refractivity contribution >= 4 is 11.8 Å². The molecule has 0 bridgehead atoms. The van der Waals surface area contributed by atoms with Crippen LogP contribution >= 0.6 is 0 Å². The molecule has 56 valence electrons. The zero-order chi connectivity index (χ0) is 7.94. The molecule has 0 aromatic heterocycles. The van der Waals surface area contributed by atoms with E-state index < -0.39 is 0 Å². The Morgan fingerprint density at radius 3 is 2.20 bits per heavy atom. The Labute approximate surface area is 60.0 Å². The molecule has 10 heavy (non-hydrogen) atoms. The van der Waals surface area contributed by atoms with Gasteiger partial charge >= 0.3 is 0 Å². The molecule has 0 aliphatic carbocycles. The van der Waals surface area contributed by atoms with Crippen LogP contribution in [0.4, 0.5) is 0 Å². The second-order valence-corrected chi connectivity index (χ2v) is 3.24. The van der Waals surface area contributed by atoms with Crippen molar-refractivity contribution in [1.82, 2.24) is 4.90 Å². The minimum atomic E-state index is -0.233. The highest BCUT2D eigenvalue weighted by molar-refractivity contribution is 6.00. The Balaban J connectivity index is 2.75. The van der Waals surface area contributed by atoms with Crippen LogP contribution in [0.5, 0.6) is 0 Å². The molecule has 1 fully saturated rings. The van der Waals surface area contributed by atoms with Crippen LogP contribution in [0, 0.1) is 0 Å². The highest BCUT2D eigenvalue weighted by atomic mass is 16.2. The number of hydrogen-bond donors (Lipinski definition) is 0. The Hall–Kier alpha value is -0.860. The summed E-state index contributed by atoms with van der Waals surface area (Å²) in [5, 5.41) is 0. The van der Waals surface area contributed by atoms with Crippen LogP contribution in [0.2, 0.25) is 0 Å². The SMILES string of the molecule is CC(=O)N1C(=O)CC1(C)C. The van der Waals surface area contributed by atoms with Gasteiger partial charge < -0.3 is 0 Å². The monoisotopic (exact) mass is 141 g/mol. The molecule has 1 aliphatic heterocycles. The van der Waals surface area contributed by atoms with E-state index in [2.05, 4.69) is 0 Å². The van der Waals surface area contributed by atoms with Crippen LogP contribution in [0.1, 0.15) is 27.2 Å². The number of likely N-dealkylation sites (tertiary alicyclic amines) is 1. The van der Waals surface area contributed by atoms with Gasteiger partial charge in [0.25, 0.3) is 0 Å². The van der Waals surface area contributed by atoms with Gasteiger partial charge in [0.15, 0.2) is 0 Å². The van der Waals surface area contributed by atoms with Gasteiger partial charge in [-0.25, -0.2) is 0 Å². The van der Waals surface area contributed by atoms with E-state index in [1.165, 1.54) is 11.8 Å². The number of amides is 2. The minimum absolute atomic E-state index is 0.0579. The Bertz CT molecular complexity index is 188. The molecule has 0 aromatic rings. The smallest absolute Gasteiger partial charge is 0.232 e. The summed E-state index contributed by atoms with van der Waals surface area (Å²) >= 11 is 0. The lowest BCUT2D eigenvalue weighted by Crippen LogP contribution is -2.61. The van der Waals surface area contributed by atoms with Gasteiger partial charge in [-0.2, -0.15) is 0 Å². The van der Waals surface area contributed by atoms with Crippen LogP contribution in [0.25, 0.3) is 0 Å². The lowest BCUT2D eigenvalue weighted by molar-refractivity contribution is -0.163. The molecule has 1 rings (SSSR count). The molecule has 0 saturated carbocycles. The highest BCUT2D eigenvalue weighted by Gasteiger charge is 2.45. The predicted molar refractivity (Wildman–Crippen MR) is 36.2 cm³/mol. The van der Waals surface area contributed by atoms with Crippen molar-refractivity contribution in [3.8, 4) is 0 Å². The number of nitrogens with zero attached hydrogens (tertiary/aromatic N) is 1. The fraction of sp³-hybridized carbons (Fsp3) is 0.714. The van der Waals surface area contributed by atoms with Gasteiger partial charge in [-0.3, -0.25) is 14.5 Å². The van der Waals surface area contributed by atoms with Crippen molar-refractivity contribution in [3.05, 3.63) is 0 Å². The quantitative estimate of drug-likeness (QED) is 0.462. The largest absolute Gasteiger partial charge is 0.277 e. The zero-order valence-corrected chi connectivity index (χ0v) is 6.47. The average Bonchev–Trinajstić information content (AvgIpc) is 1.58. The van der Waals surface area contributed by atoms with E-state index in [1.807, 2.05) is 13.8 Å². The molecule has 0 N–H and O–H groups in total. The number of carbonyl (C=O) groups excluding carboxylic acids is 2. The van der Waals surface area contributed by atoms with Gasteiger partial charge in [-0.15, -0.1) is 0 Å². The fourth-order valence-corrected chi connectivity index (χ4v) is 1.38. The molecule has 2 amide bonds. The van der Waals surface area contributed by atoms with Gasteiger partial charge in [-0.05, 0) is 13.8 Å². The Kier molecular flexibility index (Phi) is 1.31. The van der Waals surface area contributed by atoms with Crippen molar-refractivity contribution < 1.29 is 9.59 Å². The minimum Gasteiger partial charge on any atom is -0.277 e. The van der Waals surface area contributed by atoms with Gasteiger partial charge in [0, 0.05) is 6.92 Å². The van der Waals surface area contributed by atoms with E-state index >= 15 is 0 Å². The van der Waals surface area contributed by atoms with E-state index in [4.69, 9.17) is 0 Å². The molecule has 3 heteroatoms. The maximum atomic E-state index is 10.8. The standard InChI is InChI=1S/C7H11NO2/c1-5(9)8-6(10)4-7(8,2)3/h4H2,1-3H3. The van der Waals surface area contributed by atoms with Crippen molar-refractivity contribution in [1.29, 1.82) is 0 Å². The number of rotatable bonds is 0. The first-order chi connectivity index (χ1) is 4.45. The molecule has 0 aromatic carbocycles. The first-order valence-electron chi connectivity index (χ1n) is 3.29. The summed E-state index contributed by atoms with van der Waals surface area (Å²) in [7, 11) is 0. The summed E-state index contributed by atoms with van der Waals surface area (Å²) in [4.78, 5) is 22.8. The summed E-state index contributed by atoms with van der Waals surface area (Å²) < 4.78 is 0. The summed E-state index contributed by atoms with van der Waals surface area (Å²) in [6.45, 7) is 5.18. The Morgan fingerprint density at radius 1 is 1.60 bits per heavy atom. The number of carbonyl (C=O) groups is 2. The third-order valence-corrected chi connectivity index (χ3v) is 1.75. The van der Waals surface area contributed by atoms with Gasteiger partial charge in [0.2, 0.25) is 11.8 Å². The molecule has 1 heterocycles. The molecule has 0 unspecified atom stereocenters. The molecule has 1 aliphatic rings. The van der Waals surface area contributed by atoms with Crippen LogP contribution in [-0.4, -0.2) is 22.3 Å². The maximum absolute atomic E-state index is 10.8. The molecule has 0 spiro atoms. The second-order valence-electron chi connectivity index (χ2n) is 3.24. The van der Waals surface area contributed by atoms with E-state index in [9.17, 15) is 9.59 Å². The molecule has 0 atom stereocenters. The number of hydrogen-bond acceptors (Lipinski definition) is 2. The third-order valence-electron chi connectivity index (χ3n) is 1.75. The topological polar surface area (TPSA) is 37.4 Å². The summed E-state index contributed by atoms with van der Waals surface area (Å²) in [6.07, 6.45) is 0.493. The average molecular weight is 141 g/mol. The van der Waals surface area contributed by atoms with Gasteiger partial charge in [-0.1, -0.05) is 0 Å². The highest BCUT2D eigenvalue weighted by Crippen LogP contribution is 2.30. The molecular weight excluding hydrogens is 130 g/mol. The fourth-order valence-electron chi connectivity index (χ4n) is 1.38. The van der Waals surface area contributed by atoms with E-state index in [1.54, 1.807) is 0 Å². The van der Waals surface area contributed by atoms with E-state index in [0.29, 0.717) is 6.42 Å². The number of imide groups is 1. The normalized spacial score (nSPS) is 22.3. The predicted octanol–water partition coefficient (Wildman–Crippen LogP) is 0.544. The van der Waals surface area contributed by atoms with E-state index in [0.717, 1.165) is 0 Å². The summed E-state index contributed by atoms with van der Waals surface area (Å²) in [5.41, 5.74) is -0.233. The van der Waals surface area contributed by atoms with Gasteiger partial charge in [0.05, 0.1) is 12.0 Å². The summed E-state index contributed by atoms with van der Waals surface area (Å²) in [5.74, 6) is -0.209. The molecule has 0 radical (unpaired) electrons. The van der Waals surface area contributed by atoms with Crippen LogP contribution < -0.4 is 0 Å². The lowest BCUT2D eigenvalue weighted by atomic mass is 9.88. The van der Waals surface area contributed by atoms with Gasteiger partial charge in [0.1, 0.15) is 0 Å². The van der Waals surface area contributed by atoms with Crippen molar-refractivity contribution in [2.75, 3.05) is 0 Å². The zero-order valence-electron chi connectivity index (χ0n) is 6.47. The van der Waals surface area contributed by atoms with Crippen molar-refractivity contribution in [2.24, 2.45) is 0 Å². The van der Waals surface area contributed by atoms with Crippen molar-refractivity contribution in [3.63, 3.8) is 0 Å². The molecular formula is C7H11NO2.